The summed E-state index contributed by atoms with van der Waals surface area (Å²) in [5.41, 5.74) is 1.82. The number of benzene rings is 2. The van der Waals surface area contributed by atoms with Crippen molar-refractivity contribution in [2.45, 2.75) is 13.8 Å². The number of nitrogens with zero attached hydrogens (tertiary/aromatic N) is 1. The van der Waals surface area contributed by atoms with Crippen LogP contribution in [0, 0.1) is 0 Å². The number of carbonyl (C=O) groups excluding carboxylic acids is 4. The molecule has 28 heavy (non-hydrogen) atoms. The molecule has 1 aliphatic heterocycles. The fourth-order valence-electron chi connectivity index (χ4n) is 2.75. The summed E-state index contributed by atoms with van der Waals surface area (Å²) in [5, 5.41) is 2.62. The van der Waals surface area contributed by atoms with E-state index < -0.39 is 17.8 Å². The number of hydrogen-bond acceptors (Lipinski definition) is 5. The van der Waals surface area contributed by atoms with Gasteiger partial charge in [0.05, 0.1) is 29.0 Å². The molecule has 0 saturated heterocycles. The van der Waals surface area contributed by atoms with Crippen LogP contribution in [0.1, 0.15) is 44.9 Å². The molecule has 0 aromatic heterocycles. The molecule has 2 aromatic rings. The van der Waals surface area contributed by atoms with E-state index in [2.05, 4.69) is 11.9 Å². The lowest BCUT2D eigenvalue weighted by Crippen LogP contribution is -2.29. The molecular formula is C21H18N2O5. The number of fused-ring (bicyclic) bond motifs is 1. The first-order valence-electron chi connectivity index (χ1n) is 8.60. The van der Waals surface area contributed by atoms with E-state index in [0.29, 0.717) is 22.5 Å². The number of ether oxygens (including phenoxy) is 1. The number of hydrogen-bond donors (Lipinski definition) is 1. The van der Waals surface area contributed by atoms with Gasteiger partial charge in [0.2, 0.25) is 0 Å². The highest BCUT2D eigenvalue weighted by Crippen LogP contribution is 2.30. The van der Waals surface area contributed by atoms with E-state index in [1.165, 1.54) is 36.4 Å². The second-order valence-electron chi connectivity index (χ2n) is 6.21. The topological polar surface area (TPSA) is 92.8 Å². The van der Waals surface area contributed by atoms with Crippen molar-refractivity contribution in [3.8, 4) is 0 Å². The van der Waals surface area contributed by atoms with Gasteiger partial charge in [0, 0.05) is 11.3 Å². The van der Waals surface area contributed by atoms with E-state index in [1.54, 1.807) is 19.9 Å². The third-order valence-electron chi connectivity index (χ3n) is 4.17. The third kappa shape index (κ3) is 3.42. The molecule has 0 aliphatic carbocycles. The zero-order chi connectivity index (χ0) is 20.4. The SMILES string of the molecule is C=C(C)C(=O)Nc1ccc2c(c1)C(=O)N(c1ccc(C(=O)OCC)cc1)C2=O. The van der Waals surface area contributed by atoms with Crippen molar-refractivity contribution in [2.75, 3.05) is 16.8 Å². The molecule has 142 valence electrons. The summed E-state index contributed by atoms with van der Waals surface area (Å²) in [6.45, 7) is 7.09. The molecule has 0 unspecified atom stereocenters. The standard InChI is InChI=1S/C21H18N2O5/c1-4-28-21(27)13-5-8-15(9-6-13)23-19(25)16-10-7-14(11-17(16)20(23)26)22-18(24)12(2)3/h5-11H,2,4H2,1,3H3,(H,22,24). The van der Waals surface area contributed by atoms with E-state index in [4.69, 9.17) is 4.74 Å². The molecule has 3 amide bonds. The molecule has 1 heterocycles. The minimum atomic E-state index is -0.504. The Bertz CT molecular complexity index is 1010. The largest absolute Gasteiger partial charge is 0.462 e. The molecule has 3 rings (SSSR count). The Morgan fingerprint density at radius 3 is 2.29 bits per heavy atom. The molecular weight excluding hydrogens is 360 g/mol. The van der Waals surface area contributed by atoms with Gasteiger partial charge >= 0.3 is 5.97 Å². The van der Waals surface area contributed by atoms with Crippen LogP contribution in [0.5, 0.6) is 0 Å². The average Bonchev–Trinajstić information content (AvgIpc) is 2.92. The molecule has 0 fully saturated rings. The van der Waals surface area contributed by atoms with Gasteiger partial charge in [-0.1, -0.05) is 6.58 Å². The number of imide groups is 1. The normalized spacial score (nSPS) is 12.6. The van der Waals surface area contributed by atoms with Crippen molar-refractivity contribution >= 4 is 35.1 Å². The lowest BCUT2D eigenvalue weighted by atomic mass is 10.1. The number of carbonyl (C=O) groups is 4. The van der Waals surface area contributed by atoms with Gasteiger partial charge in [-0.15, -0.1) is 0 Å². The maximum atomic E-state index is 12.8. The summed E-state index contributed by atoms with van der Waals surface area (Å²) in [6, 6.07) is 10.5. The Hall–Kier alpha value is -3.74. The monoisotopic (exact) mass is 378 g/mol. The molecule has 0 saturated carbocycles. The summed E-state index contributed by atoms with van der Waals surface area (Å²) in [4.78, 5) is 50.0. The highest BCUT2D eigenvalue weighted by molar-refractivity contribution is 6.34. The highest BCUT2D eigenvalue weighted by Gasteiger charge is 2.37. The van der Waals surface area contributed by atoms with Gasteiger partial charge in [-0.2, -0.15) is 0 Å². The summed E-state index contributed by atoms with van der Waals surface area (Å²) < 4.78 is 4.92. The van der Waals surface area contributed by atoms with Gasteiger partial charge in [-0.3, -0.25) is 14.4 Å². The van der Waals surface area contributed by atoms with Crippen LogP contribution in [0.3, 0.4) is 0 Å². The molecule has 7 nitrogen and oxygen atoms in total. The minimum Gasteiger partial charge on any atom is -0.462 e. The van der Waals surface area contributed by atoms with Crippen LogP contribution in [0.4, 0.5) is 11.4 Å². The molecule has 0 atom stereocenters. The number of amides is 3. The number of nitrogens with one attached hydrogen (secondary N) is 1. The van der Waals surface area contributed by atoms with Gasteiger partial charge in [0.25, 0.3) is 17.7 Å². The first-order valence-corrected chi connectivity index (χ1v) is 8.60. The van der Waals surface area contributed by atoms with E-state index in [0.717, 1.165) is 4.90 Å². The van der Waals surface area contributed by atoms with Gasteiger partial charge in [-0.25, -0.2) is 9.69 Å². The molecule has 0 bridgehead atoms. The van der Waals surface area contributed by atoms with Crippen LogP contribution in [0.15, 0.2) is 54.6 Å². The second-order valence-corrected chi connectivity index (χ2v) is 6.21. The summed E-state index contributed by atoms with van der Waals surface area (Å²) in [7, 11) is 0. The Kier molecular flexibility index (Phi) is 5.08. The van der Waals surface area contributed by atoms with Crippen LogP contribution in [-0.4, -0.2) is 30.3 Å². The zero-order valence-electron chi connectivity index (χ0n) is 15.4. The van der Waals surface area contributed by atoms with Crippen molar-refractivity contribution in [3.63, 3.8) is 0 Å². The van der Waals surface area contributed by atoms with Crippen molar-refractivity contribution in [2.24, 2.45) is 0 Å². The van der Waals surface area contributed by atoms with Crippen molar-refractivity contribution in [1.29, 1.82) is 0 Å². The molecule has 0 spiro atoms. The number of anilines is 2. The van der Waals surface area contributed by atoms with E-state index in [-0.39, 0.29) is 23.6 Å². The van der Waals surface area contributed by atoms with Crippen LogP contribution in [0.2, 0.25) is 0 Å². The van der Waals surface area contributed by atoms with E-state index >= 15 is 0 Å². The quantitative estimate of drug-likeness (QED) is 0.490. The first-order chi connectivity index (χ1) is 13.3. The van der Waals surface area contributed by atoms with Crippen molar-refractivity contribution in [1.82, 2.24) is 0 Å². The molecule has 0 radical (unpaired) electrons. The molecule has 7 heteroatoms. The van der Waals surface area contributed by atoms with Crippen molar-refractivity contribution < 1.29 is 23.9 Å². The molecule has 1 N–H and O–H groups in total. The second kappa shape index (κ2) is 7.48. The lowest BCUT2D eigenvalue weighted by Gasteiger charge is -2.14. The fourth-order valence-corrected chi connectivity index (χ4v) is 2.75. The first kappa shape index (κ1) is 19.0. The van der Waals surface area contributed by atoms with E-state index in [9.17, 15) is 19.2 Å². The maximum Gasteiger partial charge on any atom is 0.338 e. The predicted octanol–water partition coefficient (Wildman–Crippen LogP) is 3.18. The van der Waals surface area contributed by atoms with Crippen molar-refractivity contribution in [3.05, 3.63) is 71.3 Å². The summed E-state index contributed by atoms with van der Waals surface area (Å²) in [5.74, 6) is -1.82. The van der Waals surface area contributed by atoms with Gasteiger partial charge in [0.15, 0.2) is 0 Å². The van der Waals surface area contributed by atoms with Gasteiger partial charge in [0.1, 0.15) is 0 Å². The zero-order valence-corrected chi connectivity index (χ0v) is 15.4. The Balaban J connectivity index is 1.87. The van der Waals surface area contributed by atoms with Crippen LogP contribution in [0.25, 0.3) is 0 Å². The molecule has 1 aliphatic rings. The lowest BCUT2D eigenvalue weighted by molar-refractivity contribution is -0.112. The Labute approximate surface area is 161 Å². The van der Waals surface area contributed by atoms with E-state index in [1.807, 2.05) is 0 Å². The predicted molar refractivity (Wildman–Crippen MR) is 103 cm³/mol. The number of rotatable bonds is 5. The average molecular weight is 378 g/mol. The van der Waals surface area contributed by atoms with Gasteiger partial charge in [-0.05, 0) is 56.3 Å². The fraction of sp³-hybridized carbons (Fsp3) is 0.143. The Morgan fingerprint density at radius 1 is 1.04 bits per heavy atom. The minimum absolute atomic E-state index is 0.194. The van der Waals surface area contributed by atoms with Crippen LogP contribution < -0.4 is 10.2 Å². The highest BCUT2D eigenvalue weighted by atomic mass is 16.5. The summed E-state index contributed by atoms with van der Waals surface area (Å²) in [6.07, 6.45) is 0. The third-order valence-corrected chi connectivity index (χ3v) is 4.17. The van der Waals surface area contributed by atoms with Crippen LogP contribution >= 0.6 is 0 Å². The summed E-state index contributed by atoms with van der Waals surface area (Å²) >= 11 is 0. The molecule has 2 aromatic carbocycles. The smallest absolute Gasteiger partial charge is 0.338 e. The Morgan fingerprint density at radius 2 is 1.68 bits per heavy atom. The number of esters is 1. The van der Waals surface area contributed by atoms with Gasteiger partial charge < -0.3 is 10.1 Å². The van der Waals surface area contributed by atoms with Crippen LogP contribution in [-0.2, 0) is 9.53 Å². The maximum absolute atomic E-state index is 12.8.